The Hall–Kier alpha value is -2.70. The molecule has 0 radical (unpaired) electrons. The predicted octanol–water partition coefficient (Wildman–Crippen LogP) is 4.13. The average molecular weight is 413 g/mol. The van der Waals surface area contributed by atoms with Gasteiger partial charge in [0.25, 0.3) is 0 Å². The highest BCUT2D eigenvalue weighted by atomic mass is 35.5. The lowest BCUT2D eigenvalue weighted by atomic mass is 10.1. The first kappa shape index (κ1) is 21.0. The molecule has 29 heavy (non-hydrogen) atoms. The number of likely N-dealkylation sites (N-methyl/N-ethyl adjacent to an activating group) is 1. The molecular weight excluding hydrogens is 388 g/mol. The molecule has 152 valence electrons. The van der Waals surface area contributed by atoms with E-state index in [-0.39, 0.29) is 11.9 Å². The molecule has 0 saturated heterocycles. The van der Waals surface area contributed by atoms with Crippen LogP contribution in [0.2, 0.25) is 5.02 Å². The van der Waals surface area contributed by atoms with E-state index < -0.39 is 0 Å². The number of halogens is 1. The first-order valence-corrected chi connectivity index (χ1v) is 9.98. The zero-order chi connectivity index (χ0) is 20.6. The van der Waals surface area contributed by atoms with Crippen LogP contribution in [0, 0.1) is 0 Å². The van der Waals surface area contributed by atoms with Crippen molar-refractivity contribution in [1.29, 1.82) is 0 Å². The summed E-state index contributed by atoms with van der Waals surface area (Å²) in [5, 5.41) is 7.70. The van der Waals surface area contributed by atoms with Crippen molar-refractivity contribution in [3.05, 3.63) is 71.1 Å². The Kier molecular flexibility index (Phi) is 7.38. The number of nitrogens with zero attached hydrogens (tertiary/aromatic N) is 3. The molecule has 0 fully saturated rings. The zero-order valence-electron chi connectivity index (χ0n) is 16.6. The lowest BCUT2D eigenvalue weighted by Gasteiger charge is -2.26. The van der Waals surface area contributed by atoms with E-state index in [4.69, 9.17) is 16.1 Å². The van der Waals surface area contributed by atoms with Crippen molar-refractivity contribution in [3.63, 3.8) is 0 Å². The Morgan fingerprint density at radius 3 is 2.59 bits per heavy atom. The second-order valence-corrected chi connectivity index (χ2v) is 7.44. The van der Waals surface area contributed by atoms with E-state index in [9.17, 15) is 4.79 Å². The summed E-state index contributed by atoms with van der Waals surface area (Å²) >= 11 is 6.31. The van der Waals surface area contributed by atoms with Crippen LogP contribution in [0.15, 0.2) is 59.1 Å². The van der Waals surface area contributed by atoms with Gasteiger partial charge in [0, 0.05) is 30.0 Å². The second-order valence-electron chi connectivity index (χ2n) is 7.04. The number of amides is 1. The monoisotopic (exact) mass is 412 g/mol. The fourth-order valence-electron chi connectivity index (χ4n) is 3.08. The molecule has 1 N–H and O–H groups in total. The van der Waals surface area contributed by atoms with E-state index in [1.54, 1.807) is 0 Å². The van der Waals surface area contributed by atoms with E-state index in [0.717, 1.165) is 11.1 Å². The Labute approximate surface area is 175 Å². The number of hydrogen-bond donors (Lipinski definition) is 1. The lowest BCUT2D eigenvalue weighted by Crippen LogP contribution is -2.34. The fraction of sp³-hybridized carbons (Fsp3) is 0.318. The maximum absolute atomic E-state index is 12.3. The topological polar surface area (TPSA) is 71.3 Å². The Morgan fingerprint density at radius 2 is 1.86 bits per heavy atom. The van der Waals surface area contributed by atoms with E-state index in [2.05, 4.69) is 15.5 Å². The van der Waals surface area contributed by atoms with Crippen LogP contribution in [-0.4, -0.2) is 41.6 Å². The number of carbonyl (C=O) groups excluding carboxylic acids is 1. The molecule has 6 nitrogen and oxygen atoms in total. The highest BCUT2D eigenvalue weighted by Crippen LogP contribution is 2.25. The molecule has 1 atom stereocenters. The molecule has 0 aliphatic heterocycles. The number of aryl methyl sites for hydroxylation is 1. The van der Waals surface area contributed by atoms with Gasteiger partial charge in [-0.25, -0.2) is 0 Å². The van der Waals surface area contributed by atoms with Gasteiger partial charge in [-0.2, -0.15) is 4.98 Å². The Balaban J connectivity index is 1.46. The molecule has 3 rings (SSSR count). The summed E-state index contributed by atoms with van der Waals surface area (Å²) in [6.45, 7) is 0.494. The third kappa shape index (κ3) is 5.89. The first-order chi connectivity index (χ1) is 14.0. The van der Waals surface area contributed by atoms with E-state index >= 15 is 0 Å². The van der Waals surface area contributed by atoms with Gasteiger partial charge in [0.15, 0.2) is 0 Å². The van der Waals surface area contributed by atoms with Gasteiger partial charge in [-0.15, -0.1) is 0 Å². The maximum atomic E-state index is 12.3. The minimum Gasteiger partial charge on any atom is -0.354 e. The Morgan fingerprint density at radius 1 is 1.14 bits per heavy atom. The quantitative estimate of drug-likeness (QED) is 0.572. The van der Waals surface area contributed by atoms with Gasteiger partial charge in [-0.3, -0.25) is 4.79 Å². The van der Waals surface area contributed by atoms with Crippen molar-refractivity contribution in [2.75, 3.05) is 20.6 Å². The predicted molar refractivity (Wildman–Crippen MR) is 114 cm³/mol. The van der Waals surface area contributed by atoms with E-state index in [1.165, 1.54) is 0 Å². The molecule has 0 saturated carbocycles. The number of aromatic nitrogens is 2. The summed E-state index contributed by atoms with van der Waals surface area (Å²) in [4.78, 5) is 18.7. The molecule has 1 amide bonds. The van der Waals surface area contributed by atoms with Gasteiger partial charge in [0.1, 0.15) is 0 Å². The number of carbonyl (C=O) groups is 1. The summed E-state index contributed by atoms with van der Waals surface area (Å²) in [5.74, 6) is 1.10. The van der Waals surface area contributed by atoms with Crippen LogP contribution < -0.4 is 5.32 Å². The lowest BCUT2D eigenvalue weighted by molar-refractivity contribution is -0.121. The smallest absolute Gasteiger partial charge is 0.226 e. The fourth-order valence-corrected chi connectivity index (χ4v) is 3.34. The van der Waals surface area contributed by atoms with Gasteiger partial charge < -0.3 is 14.7 Å². The van der Waals surface area contributed by atoms with Crippen LogP contribution in [0.25, 0.3) is 11.4 Å². The normalized spacial score (nSPS) is 12.1. The Bertz CT molecular complexity index is 927. The number of benzene rings is 2. The van der Waals surface area contributed by atoms with Gasteiger partial charge >= 0.3 is 0 Å². The number of rotatable bonds is 9. The molecule has 0 spiro atoms. The summed E-state index contributed by atoms with van der Waals surface area (Å²) < 4.78 is 5.29. The third-order valence-electron chi connectivity index (χ3n) is 4.67. The molecule has 3 aromatic rings. The van der Waals surface area contributed by atoms with Crippen molar-refractivity contribution in [2.24, 2.45) is 0 Å². The largest absolute Gasteiger partial charge is 0.354 e. The minimum atomic E-state index is -0.00768. The summed E-state index contributed by atoms with van der Waals surface area (Å²) in [6, 6.07) is 17.4. The molecule has 0 aliphatic rings. The molecule has 7 heteroatoms. The van der Waals surface area contributed by atoms with Crippen LogP contribution in [0.3, 0.4) is 0 Å². The highest BCUT2D eigenvalue weighted by Gasteiger charge is 2.18. The average Bonchev–Trinajstić information content (AvgIpc) is 3.19. The minimum absolute atomic E-state index is 0.00768. The van der Waals surface area contributed by atoms with Crippen molar-refractivity contribution in [1.82, 2.24) is 20.4 Å². The zero-order valence-corrected chi connectivity index (χ0v) is 17.4. The van der Waals surface area contributed by atoms with Crippen molar-refractivity contribution < 1.29 is 9.32 Å². The number of nitrogens with one attached hydrogen (secondary N) is 1. The molecule has 0 bridgehead atoms. The van der Waals surface area contributed by atoms with Crippen molar-refractivity contribution in [2.45, 2.75) is 25.3 Å². The van der Waals surface area contributed by atoms with Crippen LogP contribution in [0.5, 0.6) is 0 Å². The van der Waals surface area contributed by atoms with Gasteiger partial charge in [-0.1, -0.05) is 65.3 Å². The van der Waals surface area contributed by atoms with Crippen LogP contribution in [-0.2, 0) is 11.2 Å². The molecule has 1 aromatic heterocycles. The standard InChI is InChI=1S/C22H25ClN4O2/c1-27(2)19(17-11-6-7-12-18(17)23)15-24-20(28)13-8-14-21-25-22(26-29-21)16-9-4-3-5-10-16/h3-7,9-12,19H,8,13-15H2,1-2H3,(H,24,28). The SMILES string of the molecule is CN(C)C(CNC(=O)CCCc1nc(-c2ccccc2)no1)c1ccccc1Cl. The molecule has 1 unspecified atom stereocenters. The van der Waals surface area contributed by atoms with Crippen LogP contribution in [0.4, 0.5) is 0 Å². The molecule has 1 heterocycles. The van der Waals surface area contributed by atoms with E-state index in [1.807, 2.05) is 73.6 Å². The van der Waals surface area contributed by atoms with Gasteiger partial charge in [-0.05, 0) is 32.1 Å². The van der Waals surface area contributed by atoms with E-state index in [0.29, 0.717) is 42.5 Å². The summed E-state index contributed by atoms with van der Waals surface area (Å²) in [7, 11) is 3.94. The first-order valence-electron chi connectivity index (χ1n) is 9.60. The van der Waals surface area contributed by atoms with Crippen LogP contribution >= 0.6 is 11.6 Å². The van der Waals surface area contributed by atoms with Crippen LogP contribution in [0.1, 0.15) is 30.3 Å². The summed E-state index contributed by atoms with van der Waals surface area (Å²) in [5.41, 5.74) is 1.91. The van der Waals surface area contributed by atoms with Gasteiger partial charge in [0.05, 0.1) is 6.04 Å². The highest BCUT2D eigenvalue weighted by molar-refractivity contribution is 6.31. The summed E-state index contributed by atoms with van der Waals surface area (Å²) in [6.07, 6.45) is 1.60. The maximum Gasteiger partial charge on any atom is 0.226 e. The van der Waals surface area contributed by atoms with Gasteiger partial charge in [0.2, 0.25) is 17.6 Å². The van der Waals surface area contributed by atoms with Crippen molar-refractivity contribution in [3.8, 4) is 11.4 Å². The molecular formula is C22H25ClN4O2. The van der Waals surface area contributed by atoms with Crippen molar-refractivity contribution >= 4 is 17.5 Å². The third-order valence-corrected chi connectivity index (χ3v) is 5.02. The second kappa shape index (κ2) is 10.2. The molecule has 2 aromatic carbocycles. The molecule has 0 aliphatic carbocycles. The number of hydrogen-bond acceptors (Lipinski definition) is 5.